The fourth-order valence-electron chi connectivity index (χ4n) is 2.71. The van der Waals surface area contributed by atoms with E-state index in [-0.39, 0.29) is 5.91 Å². The third-order valence-electron chi connectivity index (χ3n) is 3.76. The Kier molecular flexibility index (Phi) is 4.50. The molecule has 0 unspecified atom stereocenters. The molecule has 1 amide bonds. The number of benzene rings is 1. The smallest absolute Gasteiger partial charge is 0.333 e. The zero-order chi connectivity index (χ0) is 18.9. The maximum absolute atomic E-state index is 12.9. The van der Waals surface area contributed by atoms with Crippen LogP contribution in [0.15, 0.2) is 48.8 Å². The van der Waals surface area contributed by atoms with Crippen LogP contribution in [0.3, 0.4) is 0 Å². The summed E-state index contributed by atoms with van der Waals surface area (Å²) in [6.45, 7) is 5.37. The van der Waals surface area contributed by atoms with Crippen LogP contribution in [0.2, 0.25) is 0 Å². The lowest BCUT2D eigenvalue weighted by molar-refractivity contribution is -0.148. The molecular formula is C20H20N2O4. The molecule has 0 bridgehead atoms. The SMILES string of the molecule is COc1ccc(N2C(=O)c3ccncc3/C2=C\C(=O)OC(C)(C)C)cc1. The van der Waals surface area contributed by atoms with E-state index >= 15 is 0 Å². The van der Waals surface area contributed by atoms with Crippen molar-refractivity contribution in [3.8, 4) is 5.75 Å². The van der Waals surface area contributed by atoms with Gasteiger partial charge in [-0.1, -0.05) is 0 Å². The number of esters is 1. The van der Waals surface area contributed by atoms with Crippen molar-refractivity contribution in [3.05, 3.63) is 59.9 Å². The van der Waals surface area contributed by atoms with Crippen molar-refractivity contribution in [2.24, 2.45) is 0 Å². The summed E-state index contributed by atoms with van der Waals surface area (Å²) < 4.78 is 10.5. The Morgan fingerprint density at radius 1 is 1.12 bits per heavy atom. The lowest BCUT2D eigenvalue weighted by atomic mass is 10.1. The highest BCUT2D eigenvalue weighted by molar-refractivity contribution is 6.23. The Morgan fingerprint density at radius 2 is 1.81 bits per heavy atom. The van der Waals surface area contributed by atoms with E-state index in [9.17, 15) is 9.59 Å². The summed E-state index contributed by atoms with van der Waals surface area (Å²) in [6.07, 6.45) is 4.47. The first kappa shape index (κ1) is 17.7. The number of fused-ring (bicyclic) bond motifs is 1. The number of methoxy groups -OCH3 is 1. The van der Waals surface area contributed by atoms with Gasteiger partial charge in [-0.25, -0.2) is 4.79 Å². The molecule has 26 heavy (non-hydrogen) atoms. The number of pyridine rings is 1. The van der Waals surface area contributed by atoms with Crippen molar-refractivity contribution >= 4 is 23.3 Å². The molecule has 1 aliphatic rings. The summed E-state index contributed by atoms with van der Waals surface area (Å²) in [5, 5.41) is 0. The molecule has 3 rings (SSSR count). The highest BCUT2D eigenvalue weighted by atomic mass is 16.6. The predicted molar refractivity (Wildman–Crippen MR) is 97.9 cm³/mol. The number of carbonyl (C=O) groups is 2. The number of anilines is 1. The van der Waals surface area contributed by atoms with E-state index in [0.717, 1.165) is 0 Å². The van der Waals surface area contributed by atoms with E-state index in [1.165, 1.54) is 11.0 Å². The van der Waals surface area contributed by atoms with Crippen LogP contribution in [0.5, 0.6) is 5.75 Å². The van der Waals surface area contributed by atoms with Crippen LogP contribution in [0.4, 0.5) is 5.69 Å². The number of carbonyl (C=O) groups excluding carboxylic acids is 2. The molecule has 2 aromatic rings. The normalized spacial score (nSPS) is 15.2. The van der Waals surface area contributed by atoms with Crippen LogP contribution in [0.1, 0.15) is 36.7 Å². The third-order valence-corrected chi connectivity index (χ3v) is 3.76. The summed E-state index contributed by atoms with van der Waals surface area (Å²) in [6, 6.07) is 8.69. The zero-order valence-electron chi connectivity index (χ0n) is 15.1. The Hall–Kier alpha value is -3.15. The second-order valence-electron chi connectivity index (χ2n) is 6.82. The first-order chi connectivity index (χ1) is 12.3. The minimum atomic E-state index is -0.626. The molecule has 0 saturated heterocycles. The molecule has 0 radical (unpaired) electrons. The summed E-state index contributed by atoms with van der Waals surface area (Å²) >= 11 is 0. The number of hydrogen-bond acceptors (Lipinski definition) is 5. The highest BCUT2D eigenvalue weighted by Crippen LogP contribution is 2.37. The van der Waals surface area contributed by atoms with Gasteiger partial charge in [-0.05, 0) is 51.1 Å². The number of aromatic nitrogens is 1. The number of ether oxygens (including phenoxy) is 2. The van der Waals surface area contributed by atoms with Crippen molar-refractivity contribution < 1.29 is 19.1 Å². The standard InChI is InChI=1S/C20H20N2O4/c1-20(2,3)26-18(23)11-17-16-12-21-10-9-15(16)19(24)22(17)13-5-7-14(25-4)8-6-13/h5-12H,1-4H3/b17-11+. The van der Waals surface area contributed by atoms with Gasteiger partial charge < -0.3 is 9.47 Å². The third kappa shape index (κ3) is 3.44. The van der Waals surface area contributed by atoms with E-state index < -0.39 is 11.6 Å². The summed E-state index contributed by atoms with van der Waals surface area (Å²) in [5.74, 6) is -0.0601. The van der Waals surface area contributed by atoms with Gasteiger partial charge in [0.15, 0.2) is 0 Å². The molecule has 6 heteroatoms. The van der Waals surface area contributed by atoms with Gasteiger partial charge in [-0.2, -0.15) is 0 Å². The highest BCUT2D eigenvalue weighted by Gasteiger charge is 2.34. The number of nitrogens with zero attached hydrogens (tertiary/aromatic N) is 2. The van der Waals surface area contributed by atoms with Gasteiger partial charge in [0, 0.05) is 29.7 Å². The largest absolute Gasteiger partial charge is 0.497 e. The predicted octanol–water partition coefficient (Wildman–Crippen LogP) is 3.43. The molecular weight excluding hydrogens is 332 g/mol. The molecule has 6 nitrogen and oxygen atoms in total. The molecule has 1 aromatic heterocycles. The van der Waals surface area contributed by atoms with Gasteiger partial charge in [0.2, 0.25) is 0 Å². The number of rotatable bonds is 3. The average Bonchev–Trinajstić information content (AvgIpc) is 2.86. The Bertz CT molecular complexity index is 879. The van der Waals surface area contributed by atoms with E-state index in [1.807, 2.05) is 0 Å². The second-order valence-corrected chi connectivity index (χ2v) is 6.82. The Balaban J connectivity index is 2.06. The van der Waals surface area contributed by atoms with Crippen molar-refractivity contribution in [3.63, 3.8) is 0 Å². The van der Waals surface area contributed by atoms with Gasteiger partial charge in [0.05, 0.1) is 18.4 Å². The van der Waals surface area contributed by atoms with Crippen LogP contribution in [-0.2, 0) is 9.53 Å². The maximum Gasteiger partial charge on any atom is 0.333 e. The minimum Gasteiger partial charge on any atom is -0.497 e. The Morgan fingerprint density at radius 3 is 2.42 bits per heavy atom. The van der Waals surface area contributed by atoms with E-state index in [4.69, 9.17) is 9.47 Å². The van der Waals surface area contributed by atoms with Crippen molar-refractivity contribution in [2.45, 2.75) is 26.4 Å². The van der Waals surface area contributed by atoms with E-state index in [1.54, 1.807) is 70.6 Å². The lowest BCUT2D eigenvalue weighted by Gasteiger charge is -2.21. The first-order valence-electron chi connectivity index (χ1n) is 8.18. The van der Waals surface area contributed by atoms with Gasteiger partial charge in [-0.15, -0.1) is 0 Å². The molecule has 2 heterocycles. The number of amides is 1. The molecule has 0 spiro atoms. The molecule has 0 aliphatic carbocycles. The van der Waals surface area contributed by atoms with Crippen LogP contribution in [0, 0.1) is 0 Å². The van der Waals surface area contributed by atoms with Gasteiger partial charge in [0.1, 0.15) is 11.4 Å². The molecule has 1 aromatic carbocycles. The van der Waals surface area contributed by atoms with Gasteiger partial charge in [-0.3, -0.25) is 14.7 Å². The molecule has 0 atom stereocenters. The summed E-state index contributed by atoms with van der Waals surface area (Å²) in [4.78, 5) is 30.8. The lowest BCUT2D eigenvalue weighted by Crippen LogP contribution is -2.25. The second kappa shape index (κ2) is 6.63. The molecule has 134 valence electrons. The summed E-state index contributed by atoms with van der Waals surface area (Å²) in [5.41, 5.74) is 1.53. The fourth-order valence-corrected chi connectivity index (χ4v) is 2.71. The summed E-state index contributed by atoms with van der Waals surface area (Å²) in [7, 11) is 1.57. The van der Waals surface area contributed by atoms with Crippen molar-refractivity contribution in [2.75, 3.05) is 12.0 Å². The molecule has 0 saturated carbocycles. The van der Waals surface area contributed by atoms with Gasteiger partial charge in [0.25, 0.3) is 5.91 Å². The number of hydrogen-bond donors (Lipinski definition) is 0. The topological polar surface area (TPSA) is 68.7 Å². The fraction of sp³-hybridized carbons (Fsp3) is 0.250. The van der Waals surface area contributed by atoms with Crippen LogP contribution in [0.25, 0.3) is 5.70 Å². The zero-order valence-corrected chi connectivity index (χ0v) is 15.1. The monoisotopic (exact) mass is 352 g/mol. The average molecular weight is 352 g/mol. The molecule has 1 aliphatic heterocycles. The van der Waals surface area contributed by atoms with Crippen LogP contribution in [-0.4, -0.2) is 29.6 Å². The quantitative estimate of drug-likeness (QED) is 0.625. The van der Waals surface area contributed by atoms with Crippen molar-refractivity contribution in [1.29, 1.82) is 0 Å². The maximum atomic E-state index is 12.9. The van der Waals surface area contributed by atoms with E-state index in [2.05, 4.69) is 4.98 Å². The Labute approximate surface area is 152 Å². The molecule has 0 fully saturated rings. The van der Waals surface area contributed by atoms with Crippen molar-refractivity contribution in [1.82, 2.24) is 4.98 Å². The van der Waals surface area contributed by atoms with Crippen LogP contribution >= 0.6 is 0 Å². The van der Waals surface area contributed by atoms with E-state index in [0.29, 0.717) is 28.3 Å². The molecule has 0 N–H and O–H groups in total. The van der Waals surface area contributed by atoms with Crippen LogP contribution < -0.4 is 9.64 Å². The van der Waals surface area contributed by atoms with Gasteiger partial charge >= 0.3 is 5.97 Å². The first-order valence-corrected chi connectivity index (χ1v) is 8.18. The minimum absolute atomic E-state index is 0.220.